The van der Waals surface area contributed by atoms with E-state index in [4.69, 9.17) is 14.2 Å². The van der Waals surface area contributed by atoms with Gasteiger partial charge in [-0.05, 0) is 89.9 Å². The van der Waals surface area contributed by atoms with Crippen LogP contribution < -0.4 is 0 Å². The lowest BCUT2D eigenvalue weighted by Crippen LogP contribution is -2.30. The minimum atomic E-state index is -0.778. The third-order valence-electron chi connectivity index (χ3n) is 11.4. The molecule has 0 aromatic rings. The summed E-state index contributed by atoms with van der Waals surface area (Å²) in [6.07, 6.45) is 69.0. The summed E-state index contributed by atoms with van der Waals surface area (Å²) in [5.41, 5.74) is 0. The molecule has 372 valence electrons. The first-order chi connectivity index (χ1) is 32.0. The first-order valence-electron chi connectivity index (χ1n) is 27.1. The largest absolute Gasteiger partial charge is 0.462 e. The third-order valence-corrected chi connectivity index (χ3v) is 11.4. The van der Waals surface area contributed by atoms with Gasteiger partial charge in [0.05, 0.1) is 0 Å². The maximum absolute atomic E-state index is 12.7. The fourth-order valence-electron chi connectivity index (χ4n) is 7.39. The summed E-state index contributed by atoms with van der Waals surface area (Å²) in [5.74, 6) is -0.905. The van der Waals surface area contributed by atoms with Crippen LogP contribution in [0.25, 0.3) is 0 Å². The Hall–Kier alpha value is -3.41. The van der Waals surface area contributed by atoms with Crippen LogP contribution in [0.15, 0.2) is 85.1 Å². The van der Waals surface area contributed by atoms with Gasteiger partial charge in [0, 0.05) is 19.3 Å². The van der Waals surface area contributed by atoms with Crippen molar-refractivity contribution in [3.05, 3.63) is 85.1 Å². The minimum Gasteiger partial charge on any atom is -0.462 e. The molecule has 1 unspecified atom stereocenters. The fraction of sp³-hybridized carbons (Fsp3) is 0.712. The van der Waals surface area contributed by atoms with Crippen LogP contribution >= 0.6 is 0 Å². The first-order valence-corrected chi connectivity index (χ1v) is 27.1. The molecule has 1 atom stereocenters. The van der Waals surface area contributed by atoms with Gasteiger partial charge in [0.2, 0.25) is 0 Å². The second-order valence-corrected chi connectivity index (χ2v) is 17.7. The molecule has 0 heterocycles. The van der Waals surface area contributed by atoms with E-state index >= 15 is 0 Å². The highest BCUT2D eigenvalue weighted by molar-refractivity contribution is 5.71. The Kier molecular flexibility index (Phi) is 50.4. The average molecular weight is 905 g/mol. The van der Waals surface area contributed by atoms with Crippen molar-refractivity contribution in [1.82, 2.24) is 0 Å². The summed E-state index contributed by atoms with van der Waals surface area (Å²) in [6.45, 7) is 6.33. The highest BCUT2D eigenvalue weighted by Crippen LogP contribution is 2.15. The average Bonchev–Trinajstić information content (AvgIpc) is 3.30. The van der Waals surface area contributed by atoms with E-state index in [2.05, 4.69) is 106 Å². The number of rotatable bonds is 48. The number of unbranched alkanes of at least 4 members (excludes halogenated alkanes) is 23. The van der Waals surface area contributed by atoms with Crippen molar-refractivity contribution in [2.45, 2.75) is 258 Å². The number of carbonyl (C=O) groups excluding carboxylic acids is 3. The van der Waals surface area contributed by atoms with Crippen LogP contribution in [0.1, 0.15) is 252 Å². The molecule has 0 bridgehead atoms. The smallest absolute Gasteiger partial charge is 0.306 e. The quantitative estimate of drug-likeness (QED) is 0.0262. The van der Waals surface area contributed by atoms with Gasteiger partial charge in [0.25, 0.3) is 0 Å². The first kappa shape index (κ1) is 61.6. The SMILES string of the molecule is CC/C=C\C/C=C\C/C=C\C/C=C\CCCCCCCCCCCCCCC(=O)OCC(COC(=O)CCCCCCC)OC(=O)CCCCCCCCC/C=C\C/C=C\C/C=C\CC. The highest BCUT2D eigenvalue weighted by Gasteiger charge is 2.19. The van der Waals surface area contributed by atoms with Crippen molar-refractivity contribution < 1.29 is 28.6 Å². The molecule has 0 aromatic heterocycles. The molecule has 0 aliphatic heterocycles. The van der Waals surface area contributed by atoms with Crippen molar-refractivity contribution in [1.29, 1.82) is 0 Å². The van der Waals surface area contributed by atoms with Gasteiger partial charge in [-0.15, -0.1) is 0 Å². The van der Waals surface area contributed by atoms with Gasteiger partial charge in [-0.2, -0.15) is 0 Å². The molecule has 0 spiro atoms. The number of carbonyl (C=O) groups is 3. The van der Waals surface area contributed by atoms with Crippen LogP contribution in [0.5, 0.6) is 0 Å². The van der Waals surface area contributed by atoms with Gasteiger partial charge >= 0.3 is 17.9 Å². The molecule has 6 heteroatoms. The molecular weight excluding hydrogens is 805 g/mol. The lowest BCUT2D eigenvalue weighted by Gasteiger charge is -2.18. The van der Waals surface area contributed by atoms with Crippen LogP contribution in [-0.2, 0) is 28.6 Å². The lowest BCUT2D eigenvalue weighted by molar-refractivity contribution is -0.167. The molecule has 0 aliphatic carbocycles. The van der Waals surface area contributed by atoms with Gasteiger partial charge in [0.15, 0.2) is 6.10 Å². The zero-order valence-electron chi connectivity index (χ0n) is 42.5. The Morgan fingerprint density at radius 3 is 0.938 bits per heavy atom. The van der Waals surface area contributed by atoms with Crippen molar-refractivity contribution in [2.75, 3.05) is 13.2 Å². The summed E-state index contributed by atoms with van der Waals surface area (Å²) in [7, 11) is 0. The Morgan fingerprint density at radius 1 is 0.323 bits per heavy atom. The normalized spacial score (nSPS) is 12.7. The topological polar surface area (TPSA) is 78.9 Å². The Bertz CT molecular complexity index is 1270. The number of esters is 3. The molecule has 0 rings (SSSR count). The second kappa shape index (κ2) is 53.2. The summed E-state index contributed by atoms with van der Waals surface area (Å²) in [5, 5.41) is 0. The number of allylic oxidation sites excluding steroid dienone is 14. The summed E-state index contributed by atoms with van der Waals surface area (Å²) < 4.78 is 16.7. The van der Waals surface area contributed by atoms with Crippen LogP contribution in [-0.4, -0.2) is 37.2 Å². The van der Waals surface area contributed by atoms with Crippen molar-refractivity contribution >= 4 is 17.9 Å². The summed E-state index contributed by atoms with van der Waals surface area (Å²) in [6, 6.07) is 0. The maximum Gasteiger partial charge on any atom is 0.306 e. The molecule has 0 fully saturated rings. The second-order valence-electron chi connectivity index (χ2n) is 17.7. The molecule has 0 saturated heterocycles. The molecule has 0 aromatic carbocycles. The number of ether oxygens (including phenoxy) is 3. The third kappa shape index (κ3) is 51.4. The molecule has 6 nitrogen and oxygen atoms in total. The molecule has 0 radical (unpaired) electrons. The van der Waals surface area contributed by atoms with Crippen LogP contribution in [0, 0.1) is 0 Å². The monoisotopic (exact) mass is 905 g/mol. The summed E-state index contributed by atoms with van der Waals surface area (Å²) >= 11 is 0. The Balaban J connectivity index is 4.11. The van der Waals surface area contributed by atoms with E-state index < -0.39 is 6.10 Å². The van der Waals surface area contributed by atoms with Gasteiger partial charge in [-0.3, -0.25) is 14.4 Å². The van der Waals surface area contributed by atoms with E-state index in [1.165, 1.54) is 96.3 Å². The van der Waals surface area contributed by atoms with Crippen molar-refractivity contribution in [3.8, 4) is 0 Å². The van der Waals surface area contributed by atoms with Gasteiger partial charge in [0.1, 0.15) is 13.2 Å². The molecular formula is C59H100O6. The van der Waals surface area contributed by atoms with E-state index in [1.807, 2.05) is 0 Å². The fourth-order valence-corrected chi connectivity index (χ4v) is 7.39. The van der Waals surface area contributed by atoms with Crippen LogP contribution in [0.3, 0.4) is 0 Å². The van der Waals surface area contributed by atoms with Gasteiger partial charge in [-0.25, -0.2) is 0 Å². The molecule has 0 amide bonds. The van der Waals surface area contributed by atoms with E-state index in [0.29, 0.717) is 19.3 Å². The van der Waals surface area contributed by atoms with Crippen LogP contribution in [0.2, 0.25) is 0 Å². The van der Waals surface area contributed by atoms with Gasteiger partial charge < -0.3 is 14.2 Å². The Morgan fingerprint density at radius 2 is 0.600 bits per heavy atom. The van der Waals surface area contributed by atoms with E-state index in [9.17, 15) is 14.4 Å². The maximum atomic E-state index is 12.7. The minimum absolute atomic E-state index is 0.0812. The molecule has 65 heavy (non-hydrogen) atoms. The van der Waals surface area contributed by atoms with E-state index in [1.54, 1.807) is 0 Å². The Labute approximate surface area is 401 Å². The zero-order chi connectivity index (χ0) is 47.2. The molecule has 0 aliphatic rings. The standard InChI is InChI=1S/C59H100O6/c1-4-7-10-13-15-17-19-21-23-25-26-27-28-29-30-31-32-34-35-37-39-41-43-46-49-52-58(61)64-55-56(54-63-57(60)51-48-45-12-9-6-3)65-59(62)53-50-47-44-42-40-38-36-33-24-22-20-18-16-14-11-8-5-2/h7-8,10-11,15-18,21-24,26-27,56H,4-6,9,12-14,19-20,25,28-55H2,1-3H3/b10-7-,11-8-,17-15-,18-16-,23-21-,24-22-,27-26-. The highest BCUT2D eigenvalue weighted by atomic mass is 16.6. The summed E-state index contributed by atoms with van der Waals surface area (Å²) in [4.78, 5) is 37.7. The zero-order valence-corrected chi connectivity index (χ0v) is 42.5. The lowest BCUT2D eigenvalue weighted by atomic mass is 10.0. The van der Waals surface area contributed by atoms with Crippen molar-refractivity contribution in [3.63, 3.8) is 0 Å². The van der Waals surface area contributed by atoms with Crippen LogP contribution in [0.4, 0.5) is 0 Å². The predicted octanol–water partition coefficient (Wildman–Crippen LogP) is 18.0. The van der Waals surface area contributed by atoms with E-state index in [-0.39, 0.29) is 31.1 Å². The van der Waals surface area contributed by atoms with E-state index in [0.717, 1.165) is 116 Å². The van der Waals surface area contributed by atoms with Crippen molar-refractivity contribution in [2.24, 2.45) is 0 Å². The number of hydrogen-bond acceptors (Lipinski definition) is 6. The molecule has 0 saturated carbocycles. The predicted molar refractivity (Wildman–Crippen MR) is 279 cm³/mol. The number of hydrogen-bond donors (Lipinski definition) is 0. The molecule has 0 N–H and O–H groups in total. The van der Waals surface area contributed by atoms with Gasteiger partial charge in [-0.1, -0.05) is 228 Å².